The summed E-state index contributed by atoms with van der Waals surface area (Å²) in [5, 5.41) is 3.00. The molecule has 80 valence electrons. The Bertz CT molecular complexity index is 213. The Kier molecular flexibility index (Phi) is 4.66. The molecule has 2 atom stereocenters. The average Bonchev–Trinajstić information content (AvgIpc) is 2.15. The van der Waals surface area contributed by atoms with Crippen LogP contribution >= 0.6 is 0 Å². The normalized spacial score (nSPS) is 27.9. The molecule has 0 bridgehead atoms. The van der Waals surface area contributed by atoms with Crippen LogP contribution in [0.4, 0.5) is 0 Å². The van der Waals surface area contributed by atoms with Gasteiger partial charge in [0.2, 0.25) is 5.91 Å². The Labute approximate surface area is 85.7 Å². The third-order valence-electron chi connectivity index (χ3n) is 2.69. The second-order valence-electron chi connectivity index (χ2n) is 4.12. The molecule has 0 aromatic rings. The van der Waals surface area contributed by atoms with Gasteiger partial charge in [0.15, 0.2) is 0 Å². The van der Waals surface area contributed by atoms with Gasteiger partial charge < -0.3 is 11.1 Å². The summed E-state index contributed by atoms with van der Waals surface area (Å²) in [6, 6.07) is 0.369. The smallest absolute Gasteiger partial charge is 0.243 e. The van der Waals surface area contributed by atoms with E-state index in [2.05, 4.69) is 12.2 Å². The number of carbonyl (C=O) groups excluding carboxylic acids is 1. The molecule has 1 fully saturated rings. The quantitative estimate of drug-likeness (QED) is 0.666. The summed E-state index contributed by atoms with van der Waals surface area (Å²) in [4.78, 5) is 11.3. The summed E-state index contributed by atoms with van der Waals surface area (Å²) in [6.45, 7) is 2.67. The molecule has 0 aromatic heterocycles. The highest BCUT2D eigenvalue weighted by molar-refractivity contribution is 5.87. The second-order valence-corrected chi connectivity index (χ2v) is 4.12. The fourth-order valence-corrected chi connectivity index (χ4v) is 1.99. The van der Waals surface area contributed by atoms with E-state index in [1.165, 1.54) is 18.9 Å². The Morgan fingerprint density at radius 1 is 1.57 bits per heavy atom. The molecule has 1 saturated carbocycles. The van der Waals surface area contributed by atoms with Crippen LogP contribution in [0.15, 0.2) is 12.2 Å². The summed E-state index contributed by atoms with van der Waals surface area (Å²) >= 11 is 0. The highest BCUT2D eigenvalue weighted by atomic mass is 16.1. The highest BCUT2D eigenvalue weighted by Crippen LogP contribution is 2.23. The van der Waals surface area contributed by atoms with Crippen LogP contribution < -0.4 is 11.1 Å². The van der Waals surface area contributed by atoms with Crippen LogP contribution in [-0.2, 0) is 4.79 Å². The molecule has 0 aliphatic heterocycles. The van der Waals surface area contributed by atoms with Crippen LogP contribution in [0.25, 0.3) is 0 Å². The van der Waals surface area contributed by atoms with Crippen LogP contribution in [0.2, 0.25) is 0 Å². The molecule has 0 heterocycles. The maximum atomic E-state index is 11.3. The minimum absolute atomic E-state index is 0.00505. The Balaban J connectivity index is 2.28. The van der Waals surface area contributed by atoms with E-state index in [0.717, 1.165) is 18.8 Å². The van der Waals surface area contributed by atoms with Crippen LogP contribution in [0.5, 0.6) is 0 Å². The van der Waals surface area contributed by atoms with E-state index in [0.29, 0.717) is 12.6 Å². The van der Waals surface area contributed by atoms with Gasteiger partial charge in [-0.25, -0.2) is 0 Å². The van der Waals surface area contributed by atoms with Crippen molar-refractivity contribution in [2.45, 2.75) is 38.6 Å². The second kappa shape index (κ2) is 5.81. The molecule has 1 aliphatic carbocycles. The lowest BCUT2D eigenvalue weighted by Crippen LogP contribution is -2.37. The maximum Gasteiger partial charge on any atom is 0.243 e. The van der Waals surface area contributed by atoms with Gasteiger partial charge >= 0.3 is 0 Å². The van der Waals surface area contributed by atoms with Crippen LogP contribution in [-0.4, -0.2) is 18.5 Å². The van der Waals surface area contributed by atoms with Crippen molar-refractivity contribution in [3.63, 3.8) is 0 Å². The zero-order chi connectivity index (χ0) is 10.4. The van der Waals surface area contributed by atoms with Crippen molar-refractivity contribution in [3.8, 4) is 0 Å². The molecule has 0 radical (unpaired) electrons. The fourth-order valence-electron chi connectivity index (χ4n) is 1.99. The van der Waals surface area contributed by atoms with Crippen molar-refractivity contribution >= 4 is 5.91 Å². The molecule has 3 heteroatoms. The van der Waals surface area contributed by atoms with Gasteiger partial charge in [0.25, 0.3) is 0 Å². The zero-order valence-electron chi connectivity index (χ0n) is 8.83. The molecular weight excluding hydrogens is 176 g/mol. The van der Waals surface area contributed by atoms with Crippen LogP contribution in [0, 0.1) is 5.92 Å². The SMILES string of the molecule is CC1CCCC(NC(=O)/C=C/CN)C1. The summed E-state index contributed by atoms with van der Waals surface area (Å²) in [7, 11) is 0. The van der Waals surface area contributed by atoms with Gasteiger partial charge in [0, 0.05) is 18.7 Å². The Morgan fingerprint density at radius 2 is 2.36 bits per heavy atom. The third kappa shape index (κ3) is 3.92. The van der Waals surface area contributed by atoms with Gasteiger partial charge in [-0.2, -0.15) is 0 Å². The van der Waals surface area contributed by atoms with Gasteiger partial charge in [-0.05, 0) is 18.8 Å². The van der Waals surface area contributed by atoms with Gasteiger partial charge in [-0.15, -0.1) is 0 Å². The summed E-state index contributed by atoms with van der Waals surface area (Å²) in [6.07, 6.45) is 7.97. The number of amides is 1. The van der Waals surface area contributed by atoms with Crippen molar-refractivity contribution < 1.29 is 4.79 Å². The monoisotopic (exact) mass is 196 g/mol. The molecule has 1 aliphatic rings. The highest BCUT2D eigenvalue weighted by Gasteiger charge is 2.19. The van der Waals surface area contributed by atoms with Crippen molar-refractivity contribution in [1.82, 2.24) is 5.32 Å². The topological polar surface area (TPSA) is 55.1 Å². The van der Waals surface area contributed by atoms with E-state index in [-0.39, 0.29) is 5.91 Å². The Hall–Kier alpha value is -0.830. The van der Waals surface area contributed by atoms with E-state index < -0.39 is 0 Å². The fraction of sp³-hybridized carbons (Fsp3) is 0.727. The maximum absolute atomic E-state index is 11.3. The number of hydrogen-bond acceptors (Lipinski definition) is 2. The number of carbonyl (C=O) groups is 1. The largest absolute Gasteiger partial charge is 0.350 e. The molecule has 0 spiro atoms. The molecular formula is C11H20N2O. The van der Waals surface area contributed by atoms with Crippen molar-refractivity contribution in [3.05, 3.63) is 12.2 Å². The molecule has 0 saturated heterocycles. The van der Waals surface area contributed by atoms with E-state index in [4.69, 9.17) is 5.73 Å². The standard InChI is InChI=1S/C11H20N2O/c1-9-4-2-5-10(8-9)13-11(14)6-3-7-12/h3,6,9-10H,2,4-5,7-8,12H2,1H3,(H,13,14)/b6-3+. The van der Waals surface area contributed by atoms with E-state index >= 15 is 0 Å². The zero-order valence-corrected chi connectivity index (χ0v) is 8.83. The van der Waals surface area contributed by atoms with Crippen LogP contribution in [0.3, 0.4) is 0 Å². The predicted molar refractivity (Wildman–Crippen MR) is 57.8 cm³/mol. The lowest BCUT2D eigenvalue weighted by Gasteiger charge is -2.26. The molecule has 1 rings (SSSR count). The van der Waals surface area contributed by atoms with Crippen molar-refractivity contribution in [1.29, 1.82) is 0 Å². The predicted octanol–water partition coefficient (Wildman–Crippen LogP) is 1.20. The molecule has 1 amide bonds. The average molecular weight is 196 g/mol. The number of nitrogens with two attached hydrogens (primary N) is 1. The first-order chi connectivity index (χ1) is 6.72. The van der Waals surface area contributed by atoms with E-state index in [1.807, 2.05) is 0 Å². The minimum atomic E-state index is -0.00505. The Morgan fingerprint density at radius 3 is 3.00 bits per heavy atom. The lowest BCUT2D eigenvalue weighted by molar-refractivity contribution is -0.117. The first-order valence-electron chi connectivity index (χ1n) is 5.39. The van der Waals surface area contributed by atoms with E-state index in [9.17, 15) is 4.79 Å². The van der Waals surface area contributed by atoms with Gasteiger partial charge in [-0.3, -0.25) is 4.79 Å². The molecule has 0 aromatic carbocycles. The summed E-state index contributed by atoms with van der Waals surface area (Å²) in [5.74, 6) is 0.738. The molecule has 3 nitrogen and oxygen atoms in total. The van der Waals surface area contributed by atoms with Crippen molar-refractivity contribution in [2.75, 3.05) is 6.54 Å². The molecule has 14 heavy (non-hydrogen) atoms. The first kappa shape index (κ1) is 11.2. The van der Waals surface area contributed by atoms with Crippen LogP contribution in [0.1, 0.15) is 32.6 Å². The van der Waals surface area contributed by atoms with Gasteiger partial charge in [0.05, 0.1) is 0 Å². The molecule has 2 unspecified atom stereocenters. The first-order valence-corrected chi connectivity index (χ1v) is 5.39. The summed E-state index contributed by atoms with van der Waals surface area (Å²) in [5.41, 5.74) is 5.27. The lowest BCUT2D eigenvalue weighted by atomic mass is 9.87. The number of rotatable bonds is 3. The number of hydrogen-bond donors (Lipinski definition) is 2. The number of nitrogens with one attached hydrogen (secondary N) is 1. The van der Waals surface area contributed by atoms with Gasteiger partial charge in [-0.1, -0.05) is 25.8 Å². The third-order valence-corrected chi connectivity index (χ3v) is 2.69. The van der Waals surface area contributed by atoms with Gasteiger partial charge in [0.1, 0.15) is 0 Å². The minimum Gasteiger partial charge on any atom is -0.350 e. The van der Waals surface area contributed by atoms with E-state index in [1.54, 1.807) is 6.08 Å². The molecule has 3 N–H and O–H groups in total. The van der Waals surface area contributed by atoms with Crippen molar-refractivity contribution in [2.24, 2.45) is 11.7 Å². The summed E-state index contributed by atoms with van der Waals surface area (Å²) < 4.78 is 0.